The number of carbonyl (C=O) groups is 1. The quantitative estimate of drug-likeness (QED) is 0.372. The zero-order valence-corrected chi connectivity index (χ0v) is 9.70. The summed E-state index contributed by atoms with van der Waals surface area (Å²) in [5.74, 6) is 4.94. The Balaban J connectivity index is 2.18. The Hall–Kier alpha value is -0.650. The first-order chi connectivity index (χ1) is 7.13. The fourth-order valence-corrected chi connectivity index (χ4v) is 2.02. The molecule has 5 heteroatoms. The van der Waals surface area contributed by atoms with Gasteiger partial charge in [0.15, 0.2) is 0 Å². The van der Waals surface area contributed by atoms with Crippen LogP contribution in [0.1, 0.15) is 19.8 Å². The molecule has 0 aromatic carbocycles. The molecule has 1 heterocycles. The molecule has 3 N–H and O–H groups in total. The van der Waals surface area contributed by atoms with Crippen molar-refractivity contribution >= 4 is 5.91 Å². The topological polar surface area (TPSA) is 61.6 Å². The van der Waals surface area contributed by atoms with Crippen molar-refractivity contribution in [2.45, 2.75) is 25.8 Å². The molecule has 1 aliphatic rings. The lowest BCUT2D eigenvalue weighted by Crippen LogP contribution is -2.50. The number of piperazine rings is 1. The predicted octanol–water partition coefficient (Wildman–Crippen LogP) is -0.608. The standard InChI is InChI=1S/C10H22N4O/c1-9-8-13(2)6-7-14(9)5-3-4-10(15)12-11/h9H,3-8,11H2,1-2H3,(H,12,15). The molecule has 0 spiro atoms. The zero-order valence-electron chi connectivity index (χ0n) is 9.70. The Morgan fingerprint density at radius 3 is 2.87 bits per heavy atom. The molecule has 0 radical (unpaired) electrons. The molecular formula is C10H22N4O. The smallest absolute Gasteiger partial charge is 0.233 e. The largest absolute Gasteiger partial charge is 0.304 e. The Morgan fingerprint density at radius 2 is 2.27 bits per heavy atom. The van der Waals surface area contributed by atoms with E-state index in [9.17, 15) is 4.79 Å². The van der Waals surface area contributed by atoms with E-state index in [1.807, 2.05) is 0 Å². The first kappa shape index (κ1) is 12.4. The van der Waals surface area contributed by atoms with E-state index < -0.39 is 0 Å². The summed E-state index contributed by atoms with van der Waals surface area (Å²) in [7, 11) is 2.15. The van der Waals surface area contributed by atoms with E-state index in [2.05, 4.69) is 29.2 Å². The zero-order chi connectivity index (χ0) is 11.3. The van der Waals surface area contributed by atoms with Crippen LogP contribution in [0.5, 0.6) is 0 Å². The molecule has 1 atom stereocenters. The van der Waals surface area contributed by atoms with Gasteiger partial charge in [0.2, 0.25) is 5.91 Å². The van der Waals surface area contributed by atoms with Crippen LogP contribution in [0.25, 0.3) is 0 Å². The van der Waals surface area contributed by atoms with Crippen molar-refractivity contribution in [3.8, 4) is 0 Å². The molecule has 0 aromatic heterocycles. The van der Waals surface area contributed by atoms with E-state index >= 15 is 0 Å². The summed E-state index contributed by atoms with van der Waals surface area (Å²) in [5, 5.41) is 0. The molecule has 1 rings (SSSR count). The highest BCUT2D eigenvalue weighted by atomic mass is 16.2. The van der Waals surface area contributed by atoms with Crippen molar-refractivity contribution in [1.29, 1.82) is 0 Å². The van der Waals surface area contributed by atoms with Crippen LogP contribution in [0.3, 0.4) is 0 Å². The lowest BCUT2D eigenvalue weighted by Gasteiger charge is -2.38. The number of hydrogen-bond donors (Lipinski definition) is 2. The summed E-state index contributed by atoms with van der Waals surface area (Å²) in [6, 6.07) is 0.588. The third-order valence-corrected chi connectivity index (χ3v) is 2.98. The number of nitrogens with zero attached hydrogens (tertiary/aromatic N) is 2. The fourth-order valence-electron chi connectivity index (χ4n) is 2.02. The van der Waals surface area contributed by atoms with Crippen molar-refractivity contribution < 1.29 is 4.79 Å². The van der Waals surface area contributed by atoms with Crippen LogP contribution in [0, 0.1) is 0 Å². The summed E-state index contributed by atoms with van der Waals surface area (Å²) < 4.78 is 0. The van der Waals surface area contributed by atoms with Crippen LogP contribution < -0.4 is 11.3 Å². The number of nitrogens with two attached hydrogens (primary N) is 1. The second-order valence-corrected chi connectivity index (χ2v) is 4.32. The molecule has 0 aliphatic carbocycles. The van der Waals surface area contributed by atoms with Gasteiger partial charge in [0.25, 0.3) is 0 Å². The molecule has 0 aromatic rings. The van der Waals surface area contributed by atoms with Crippen LogP contribution >= 0.6 is 0 Å². The van der Waals surface area contributed by atoms with E-state index in [0.29, 0.717) is 12.5 Å². The summed E-state index contributed by atoms with van der Waals surface area (Å²) in [5.41, 5.74) is 2.16. The van der Waals surface area contributed by atoms with Gasteiger partial charge < -0.3 is 4.90 Å². The third-order valence-electron chi connectivity index (χ3n) is 2.98. The Labute approximate surface area is 91.6 Å². The monoisotopic (exact) mass is 214 g/mol. The molecular weight excluding hydrogens is 192 g/mol. The van der Waals surface area contributed by atoms with Gasteiger partial charge in [0.1, 0.15) is 0 Å². The Morgan fingerprint density at radius 1 is 1.53 bits per heavy atom. The minimum Gasteiger partial charge on any atom is -0.304 e. The molecule has 88 valence electrons. The van der Waals surface area contributed by atoms with Gasteiger partial charge in [-0.3, -0.25) is 15.1 Å². The molecule has 15 heavy (non-hydrogen) atoms. The molecule has 1 amide bonds. The first-order valence-electron chi connectivity index (χ1n) is 5.55. The van der Waals surface area contributed by atoms with Gasteiger partial charge in [0.05, 0.1) is 0 Å². The SMILES string of the molecule is CC1CN(C)CCN1CCCC(=O)NN. The molecule has 1 saturated heterocycles. The molecule has 5 nitrogen and oxygen atoms in total. The van der Waals surface area contributed by atoms with Gasteiger partial charge in [-0.05, 0) is 26.9 Å². The average molecular weight is 214 g/mol. The van der Waals surface area contributed by atoms with Crippen molar-refractivity contribution in [2.24, 2.45) is 5.84 Å². The second-order valence-electron chi connectivity index (χ2n) is 4.32. The maximum atomic E-state index is 10.9. The fraction of sp³-hybridized carbons (Fsp3) is 0.900. The Kier molecular flexibility index (Phi) is 5.01. The normalized spacial score (nSPS) is 24.1. The number of nitrogens with one attached hydrogen (secondary N) is 1. The van der Waals surface area contributed by atoms with E-state index in [0.717, 1.165) is 32.6 Å². The summed E-state index contributed by atoms with van der Waals surface area (Å²) in [6.45, 7) is 6.56. The lowest BCUT2D eigenvalue weighted by atomic mass is 10.1. The predicted molar refractivity (Wildman–Crippen MR) is 60.1 cm³/mol. The van der Waals surface area contributed by atoms with Crippen LogP contribution in [0.15, 0.2) is 0 Å². The maximum Gasteiger partial charge on any atom is 0.233 e. The van der Waals surface area contributed by atoms with Crippen LogP contribution in [-0.4, -0.2) is 55.0 Å². The summed E-state index contributed by atoms with van der Waals surface area (Å²) in [6.07, 6.45) is 1.41. The number of rotatable bonds is 4. The summed E-state index contributed by atoms with van der Waals surface area (Å²) >= 11 is 0. The second kappa shape index (κ2) is 6.05. The third kappa shape index (κ3) is 4.15. The number of likely N-dealkylation sites (N-methyl/N-ethyl adjacent to an activating group) is 1. The van der Waals surface area contributed by atoms with Gasteiger partial charge >= 0.3 is 0 Å². The minimum atomic E-state index is -0.0724. The highest BCUT2D eigenvalue weighted by Crippen LogP contribution is 2.08. The number of hydrazine groups is 1. The van der Waals surface area contributed by atoms with Crippen molar-refractivity contribution in [2.75, 3.05) is 33.2 Å². The highest BCUT2D eigenvalue weighted by molar-refractivity contribution is 5.75. The molecule has 0 saturated carbocycles. The molecule has 1 fully saturated rings. The van der Waals surface area contributed by atoms with Gasteiger partial charge in [0, 0.05) is 32.1 Å². The lowest BCUT2D eigenvalue weighted by molar-refractivity contribution is -0.121. The maximum absolute atomic E-state index is 10.9. The average Bonchev–Trinajstić information content (AvgIpc) is 2.21. The van der Waals surface area contributed by atoms with Crippen LogP contribution in [0.2, 0.25) is 0 Å². The van der Waals surface area contributed by atoms with Gasteiger partial charge in [-0.1, -0.05) is 0 Å². The van der Waals surface area contributed by atoms with Gasteiger partial charge in [-0.2, -0.15) is 0 Å². The Bertz CT molecular complexity index is 210. The summed E-state index contributed by atoms with van der Waals surface area (Å²) in [4.78, 5) is 15.7. The molecule has 1 unspecified atom stereocenters. The van der Waals surface area contributed by atoms with Crippen molar-refractivity contribution in [1.82, 2.24) is 15.2 Å². The minimum absolute atomic E-state index is 0.0724. The van der Waals surface area contributed by atoms with Gasteiger partial charge in [-0.25, -0.2) is 5.84 Å². The van der Waals surface area contributed by atoms with Crippen molar-refractivity contribution in [3.63, 3.8) is 0 Å². The number of carbonyl (C=O) groups excluding carboxylic acids is 1. The number of hydrogen-bond acceptors (Lipinski definition) is 4. The van der Waals surface area contributed by atoms with E-state index in [-0.39, 0.29) is 5.91 Å². The van der Waals surface area contributed by atoms with Crippen molar-refractivity contribution in [3.05, 3.63) is 0 Å². The van der Waals surface area contributed by atoms with Crippen LogP contribution in [-0.2, 0) is 4.79 Å². The molecule has 1 aliphatic heterocycles. The van der Waals surface area contributed by atoms with E-state index in [1.165, 1.54) is 0 Å². The van der Waals surface area contributed by atoms with Gasteiger partial charge in [-0.15, -0.1) is 0 Å². The highest BCUT2D eigenvalue weighted by Gasteiger charge is 2.20. The van der Waals surface area contributed by atoms with E-state index in [4.69, 9.17) is 5.84 Å². The van der Waals surface area contributed by atoms with E-state index in [1.54, 1.807) is 0 Å². The first-order valence-corrected chi connectivity index (χ1v) is 5.55. The number of amides is 1. The van der Waals surface area contributed by atoms with Crippen LogP contribution in [0.4, 0.5) is 0 Å². The molecule has 0 bridgehead atoms.